The maximum absolute atomic E-state index is 13.6. The highest BCUT2D eigenvalue weighted by molar-refractivity contribution is 6.07. The number of rotatable bonds is 7. The van der Waals surface area contributed by atoms with E-state index in [0.717, 1.165) is 56.2 Å². The van der Waals surface area contributed by atoms with Crippen LogP contribution in [-0.4, -0.2) is 59.9 Å². The quantitative estimate of drug-likeness (QED) is 0.227. The number of carbonyl (C=O) groups excluding carboxylic acids is 3. The summed E-state index contributed by atoms with van der Waals surface area (Å²) >= 11 is 0. The molecule has 14 nitrogen and oxygen atoms in total. The summed E-state index contributed by atoms with van der Waals surface area (Å²) in [4.78, 5) is 56.3. The first-order chi connectivity index (χ1) is 22.8. The van der Waals surface area contributed by atoms with Crippen molar-refractivity contribution in [2.75, 3.05) is 7.05 Å². The van der Waals surface area contributed by atoms with E-state index in [0.29, 0.717) is 34.1 Å². The predicted octanol–water partition coefficient (Wildman–Crippen LogP) is 1.77. The van der Waals surface area contributed by atoms with Crippen LogP contribution in [0.25, 0.3) is 28.4 Å². The van der Waals surface area contributed by atoms with Crippen LogP contribution in [0.15, 0.2) is 55.6 Å². The third kappa shape index (κ3) is 5.56. The number of hydrogen-bond donors (Lipinski definition) is 3. The van der Waals surface area contributed by atoms with Gasteiger partial charge in [-0.2, -0.15) is 9.83 Å². The third-order valence-corrected chi connectivity index (χ3v) is 9.02. The van der Waals surface area contributed by atoms with Crippen LogP contribution >= 0.6 is 0 Å². The number of benzene rings is 1. The number of carbonyl (C=O) groups is 3. The molecule has 0 atom stereocenters. The number of nitrogens with zero attached hydrogens (tertiary/aromatic N) is 8. The minimum absolute atomic E-state index is 0.0196. The van der Waals surface area contributed by atoms with Gasteiger partial charge in [-0.25, -0.2) is 9.97 Å². The van der Waals surface area contributed by atoms with E-state index < -0.39 is 5.91 Å². The second-order valence-corrected chi connectivity index (χ2v) is 11.9. The monoisotopic (exact) mass is 630 g/mol. The fourth-order valence-corrected chi connectivity index (χ4v) is 6.57. The molecule has 4 aromatic heterocycles. The van der Waals surface area contributed by atoms with Gasteiger partial charge in [0.05, 0.1) is 34.7 Å². The zero-order valence-electron chi connectivity index (χ0n) is 25.7. The second kappa shape index (κ2) is 12.1. The summed E-state index contributed by atoms with van der Waals surface area (Å²) in [6, 6.07) is 7.19. The van der Waals surface area contributed by atoms with Crippen LogP contribution in [0.2, 0.25) is 0 Å². The molecular weight excluding hydrogens is 598 g/mol. The molecule has 4 heterocycles. The Hall–Kier alpha value is -5.97. The fourth-order valence-electron chi connectivity index (χ4n) is 6.57. The van der Waals surface area contributed by atoms with Gasteiger partial charge >= 0.3 is 5.95 Å². The van der Waals surface area contributed by atoms with Crippen molar-refractivity contribution in [3.8, 4) is 23.5 Å². The van der Waals surface area contributed by atoms with Gasteiger partial charge in [0.2, 0.25) is 11.8 Å². The van der Waals surface area contributed by atoms with Crippen LogP contribution in [0.1, 0.15) is 69.8 Å². The molecule has 2 aliphatic carbocycles. The molecule has 0 saturated heterocycles. The summed E-state index contributed by atoms with van der Waals surface area (Å²) in [6.07, 6.45) is 15.4. The van der Waals surface area contributed by atoms with Gasteiger partial charge in [-0.3, -0.25) is 23.5 Å². The lowest BCUT2D eigenvalue weighted by Gasteiger charge is -2.27. The predicted molar refractivity (Wildman–Crippen MR) is 168 cm³/mol. The topological polar surface area (TPSA) is 190 Å². The van der Waals surface area contributed by atoms with Crippen LogP contribution in [0.4, 0.5) is 0 Å². The molecule has 5 aromatic rings. The lowest BCUT2D eigenvalue weighted by Crippen LogP contribution is -2.41. The molecule has 0 aliphatic heterocycles. The third-order valence-electron chi connectivity index (χ3n) is 9.02. The van der Waals surface area contributed by atoms with Gasteiger partial charge in [-0.15, -0.1) is 4.98 Å². The van der Waals surface area contributed by atoms with E-state index in [1.807, 2.05) is 0 Å². The number of imidazole rings is 2. The van der Waals surface area contributed by atoms with Crippen LogP contribution in [0, 0.1) is 17.2 Å². The average Bonchev–Trinajstić information content (AvgIpc) is 3.89. The van der Waals surface area contributed by atoms with Crippen molar-refractivity contribution in [1.29, 1.82) is 5.26 Å². The van der Waals surface area contributed by atoms with Crippen molar-refractivity contribution in [2.45, 2.75) is 51.0 Å². The first kappa shape index (κ1) is 29.7. The molecule has 0 unspecified atom stereocenters. The van der Waals surface area contributed by atoms with Gasteiger partial charge in [0.25, 0.3) is 5.91 Å². The summed E-state index contributed by atoms with van der Waals surface area (Å²) in [6.45, 7) is 0. The SMILES string of the molecule is CNC(=O)C1CCC(NC(=O)c2nc(-[n+]3ccn(-c4cc(C#N)c5nc(-n6ccnc6)cc(C(N)=O)c5c4)c3)nc3c2CCC3)CC1. The number of nitrogens with two attached hydrogens (primary N) is 1. The number of amides is 3. The number of nitriles is 1. The van der Waals surface area contributed by atoms with E-state index in [1.165, 1.54) is 0 Å². The Morgan fingerprint density at radius 1 is 1.04 bits per heavy atom. The van der Waals surface area contributed by atoms with Crippen LogP contribution < -0.4 is 20.9 Å². The molecule has 14 heteroatoms. The molecule has 0 radical (unpaired) electrons. The van der Waals surface area contributed by atoms with Crippen molar-refractivity contribution >= 4 is 28.6 Å². The lowest BCUT2D eigenvalue weighted by atomic mass is 9.85. The largest absolute Gasteiger partial charge is 0.389 e. The van der Waals surface area contributed by atoms with Crippen molar-refractivity contribution in [2.24, 2.45) is 11.7 Å². The van der Waals surface area contributed by atoms with Gasteiger partial charge in [0.15, 0.2) is 12.0 Å². The average molecular weight is 631 g/mol. The van der Waals surface area contributed by atoms with Crippen molar-refractivity contribution in [3.05, 3.63) is 83.7 Å². The maximum atomic E-state index is 13.6. The number of aryl methyl sites for hydroxylation is 1. The van der Waals surface area contributed by atoms with Crippen molar-refractivity contribution < 1.29 is 19.0 Å². The highest BCUT2D eigenvalue weighted by Gasteiger charge is 2.32. The molecule has 47 heavy (non-hydrogen) atoms. The number of primary amides is 1. The molecule has 236 valence electrons. The van der Waals surface area contributed by atoms with Gasteiger partial charge in [0.1, 0.15) is 23.9 Å². The molecule has 1 aromatic carbocycles. The normalized spacial score (nSPS) is 17.2. The van der Waals surface area contributed by atoms with E-state index in [1.54, 1.807) is 76.4 Å². The van der Waals surface area contributed by atoms with E-state index in [9.17, 15) is 19.6 Å². The van der Waals surface area contributed by atoms with E-state index in [-0.39, 0.29) is 34.9 Å². The summed E-state index contributed by atoms with van der Waals surface area (Å²) in [7, 11) is 1.65. The van der Waals surface area contributed by atoms with E-state index in [2.05, 4.69) is 26.7 Å². The van der Waals surface area contributed by atoms with Gasteiger partial charge in [0, 0.05) is 48.8 Å². The summed E-state index contributed by atoms with van der Waals surface area (Å²) in [5, 5.41) is 16.4. The Labute approximate surface area is 269 Å². The number of hydrogen-bond acceptors (Lipinski definition) is 8. The maximum Gasteiger partial charge on any atom is 0.389 e. The Morgan fingerprint density at radius 3 is 2.60 bits per heavy atom. The summed E-state index contributed by atoms with van der Waals surface area (Å²) in [5.74, 6) is -0.0899. The molecule has 3 amide bonds. The highest BCUT2D eigenvalue weighted by atomic mass is 16.2. The van der Waals surface area contributed by atoms with E-state index >= 15 is 0 Å². The molecule has 2 aliphatic rings. The van der Waals surface area contributed by atoms with E-state index in [4.69, 9.17) is 15.7 Å². The number of aromatic nitrogens is 7. The van der Waals surface area contributed by atoms with Crippen LogP contribution in [0.3, 0.4) is 0 Å². The Kier molecular flexibility index (Phi) is 7.64. The number of pyridine rings is 1. The smallest absolute Gasteiger partial charge is 0.366 e. The first-order valence-electron chi connectivity index (χ1n) is 15.5. The van der Waals surface area contributed by atoms with Crippen molar-refractivity contribution in [1.82, 2.24) is 39.7 Å². The Balaban J connectivity index is 1.20. The van der Waals surface area contributed by atoms with Gasteiger partial charge in [-0.1, -0.05) is 4.98 Å². The zero-order valence-corrected chi connectivity index (χ0v) is 25.7. The Morgan fingerprint density at radius 2 is 1.87 bits per heavy atom. The first-order valence-corrected chi connectivity index (χ1v) is 15.5. The van der Waals surface area contributed by atoms with Crippen molar-refractivity contribution in [3.63, 3.8) is 0 Å². The molecule has 0 spiro atoms. The minimum atomic E-state index is -0.653. The second-order valence-electron chi connectivity index (χ2n) is 11.9. The lowest BCUT2D eigenvalue weighted by molar-refractivity contribution is -0.602. The minimum Gasteiger partial charge on any atom is -0.366 e. The zero-order chi connectivity index (χ0) is 32.7. The number of fused-ring (bicyclic) bond motifs is 2. The molecular formula is C33H32N11O3+. The van der Waals surface area contributed by atoms with Crippen LogP contribution in [-0.2, 0) is 17.6 Å². The summed E-state index contributed by atoms with van der Waals surface area (Å²) < 4.78 is 5.13. The fraction of sp³-hybridized carbons (Fsp3) is 0.303. The van der Waals surface area contributed by atoms with Gasteiger partial charge < -0.3 is 16.4 Å². The molecule has 7 rings (SSSR count). The van der Waals surface area contributed by atoms with Crippen LogP contribution in [0.5, 0.6) is 0 Å². The highest BCUT2D eigenvalue weighted by Crippen LogP contribution is 2.28. The number of nitrogens with one attached hydrogen (secondary N) is 2. The Bertz CT molecular complexity index is 2090. The molecule has 1 fully saturated rings. The standard InChI is InChI=1S/C33H31N11O3/c1-36-31(46)19-5-7-21(8-6-19)38-32(47)29-23-3-2-4-26(23)39-33(41-29)44-12-11-43(18-44)22-13-20(16-34)28-24(14-22)25(30(35)45)15-27(40-28)42-10-9-37-17-42/h9-15,17-19,21H,2-8H2,1H3,(H3-,35,36,38,45,46,47)/p+1. The summed E-state index contributed by atoms with van der Waals surface area (Å²) in [5.41, 5.74) is 9.30. The van der Waals surface area contributed by atoms with Gasteiger partial charge in [-0.05, 0) is 56.7 Å². The molecule has 1 saturated carbocycles. The molecule has 0 bridgehead atoms. The molecule has 4 N–H and O–H groups in total.